The molecule has 0 aromatic rings. The standard InChI is InChI=1S/C61H118O17P2/c1-6-9-12-15-16-17-18-25-28-31-36-40-45-59(64)72-51-57(78-61(66)47-42-37-32-29-26-23-21-19-20-22-24-27-30-35-38-43-54(4)5)53-76-80(69,70)74-49-55(62)48-73-79(67,68)75-52-56(77-60(65)46-41-34-14-11-8-3)50-71-58(63)44-39-33-13-10-7-2/h54-57,62H,6-53H2,1-5H3,(H,67,68)(H,69,70)/t55-,56+,57+/m0/s1. The molecule has 3 N–H and O–H groups in total. The molecule has 0 aliphatic heterocycles. The van der Waals surface area contributed by atoms with Crippen LogP contribution in [0, 0.1) is 5.92 Å². The summed E-state index contributed by atoms with van der Waals surface area (Å²) in [5.41, 5.74) is 0. The summed E-state index contributed by atoms with van der Waals surface area (Å²) >= 11 is 0. The van der Waals surface area contributed by atoms with E-state index < -0.39 is 97.5 Å². The maximum atomic E-state index is 13.0. The third kappa shape index (κ3) is 55.3. The van der Waals surface area contributed by atoms with Crippen LogP contribution in [0.3, 0.4) is 0 Å². The van der Waals surface area contributed by atoms with E-state index >= 15 is 0 Å². The van der Waals surface area contributed by atoms with E-state index in [-0.39, 0.29) is 25.7 Å². The molecular weight excluding hydrogens is 1070 g/mol. The molecule has 0 aliphatic rings. The van der Waals surface area contributed by atoms with E-state index in [1.54, 1.807) is 0 Å². The van der Waals surface area contributed by atoms with Crippen LogP contribution in [0.4, 0.5) is 0 Å². The van der Waals surface area contributed by atoms with Crippen LogP contribution in [-0.2, 0) is 65.4 Å². The first-order chi connectivity index (χ1) is 38.5. The van der Waals surface area contributed by atoms with Crippen molar-refractivity contribution in [3.63, 3.8) is 0 Å². The SMILES string of the molecule is CCCCCCCCCCCCCCC(=O)OC[C@H](COP(=O)(O)OC[C@@H](O)COP(=O)(O)OC[C@@H](COC(=O)CCCCCCC)OC(=O)CCCCCCC)OC(=O)CCCCCCCCCCCCCCCCCC(C)C. The third-order valence-corrected chi connectivity index (χ3v) is 15.9. The first-order valence-corrected chi connectivity index (χ1v) is 35.1. The maximum Gasteiger partial charge on any atom is 0.472 e. The zero-order valence-corrected chi connectivity index (χ0v) is 53.0. The number of hydrogen-bond acceptors (Lipinski definition) is 15. The van der Waals surface area contributed by atoms with Crippen molar-refractivity contribution in [2.45, 2.75) is 323 Å². The van der Waals surface area contributed by atoms with Crippen LogP contribution in [0.25, 0.3) is 0 Å². The molecule has 0 fully saturated rings. The number of phosphoric acid groups is 2. The average Bonchev–Trinajstić information content (AvgIpc) is 3.42. The van der Waals surface area contributed by atoms with E-state index in [1.165, 1.54) is 122 Å². The molecule has 0 spiro atoms. The van der Waals surface area contributed by atoms with Crippen molar-refractivity contribution in [1.29, 1.82) is 0 Å². The third-order valence-electron chi connectivity index (χ3n) is 14.0. The molecule has 2 unspecified atom stereocenters. The van der Waals surface area contributed by atoms with E-state index in [2.05, 4.69) is 34.6 Å². The van der Waals surface area contributed by atoms with Gasteiger partial charge in [0, 0.05) is 25.7 Å². The van der Waals surface area contributed by atoms with Crippen molar-refractivity contribution in [3.05, 3.63) is 0 Å². The van der Waals surface area contributed by atoms with Crippen molar-refractivity contribution >= 4 is 39.5 Å². The summed E-state index contributed by atoms with van der Waals surface area (Å²) in [6.45, 7) is 7.02. The normalized spacial score (nSPS) is 14.3. The summed E-state index contributed by atoms with van der Waals surface area (Å²) in [4.78, 5) is 71.5. The van der Waals surface area contributed by atoms with Gasteiger partial charge in [-0.25, -0.2) is 9.13 Å². The fraction of sp³-hybridized carbons (Fsp3) is 0.934. The summed E-state index contributed by atoms with van der Waals surface area (Å²) in [5, 5.41) is 10.5. The number of carbonyl (C=O) groups is 4. The van der Waals surface area contributed by atoms with E-state index in [9.17, 15) is 43.2 Å². The first-order valence-electron chi connectivity index (χ1n) is 32.1. The van der Waals surface area contributed by atoms with Gasteiger partial charge in [-0.1, -0.05) is 253 Å². The Balaban J connectivity index is 5.09. The zero-order valence-electron chi connectivity index (χ0n) is 51.2. The van der Waals surface area contributed by atoms with Gasteiger partial charge >= 0.3 is 39.5 Å². The van der Waals surface area contributed by atoms with E-state index in [1.807, 2.05) is 0 Å². The average molecular weight is 1190 g/mol. The molecule has 0 aromatic heterocycles. The number of phosphoric ester groups is 2. The second-order valence-corrected chi connectivity index (χ2v) is 25.5. The molecule has 0 saturated carbocycles. The summed E-state index contributed by atoms with van der Waals surface area (Å²) in [6, 6.07) is 0. The fourth-order valence-electron chi connectivity index (χ4n) is 9.05. The lowest BCUT2D eigenvalue weighted by Gasteiger charge is -2.21. The molecule has 17 nitrogen and oxygen atoms in total. The van der Waals surface area contributed by atoms with Gasteiger partial charge in [0.2, 0.25) is 0 Å². The second kappa shape index (κ2) is 55.0. The highest BCUT2D eigenvalue weighted by molar-refractivity contribution is 7.47. The van der Waals surface area contributed by atoms with Gasteiger partial charge in [0.15, 0.2) is 12.2 Å². The van der Waals surface area contributed by atoms with E-state index in [4.69, 9.17) is 37.0 Å². The summed E-state index contributed by atoms with van der Waals surface area (Å²) in [7, 11) is -9.86. The Morgan fingerprint density at radius 3 is 0.850 bits per heavy atom. The molecule has 0 rings (SSSR count). The van der Waals surface area contributed by atoms with Crippen LogP contribution in [0.2, 0.25) is 0 Å². The predicted octanol–water partition coefficient (Wildman–Crippen LogP) is 16.6. The van der Waals surface area contributed by atoms with Gasteiger partial charge in [-0.2, -0.15) is 0 Å². The summed E-state index contributed by atoms with van der Waals surface area (Å²) in [5.74, 6) is -1.36. The van der Waals surface area contributed by atoms with Gasteiger partial charge in [-0.3, -0.25) is 37.3 Å². The minimum Gasteiger partial charge on any atom is -0.462 e. The van der Waals surface area contributed by atoms with Gasteiger partial charge in [0.25, 0.3) is 0 Å². The topological polar surface area (TPSA) is 237 Å². The molecule has 80 heavy (non-hydrogen) atoms. The molecule has 0 amide bonds. The Morgan fingerprint density at radius 1 is 0.338 bits per heavy atom. The highest BCUT2D eigenvalue weighted by Crippen LogP contribution is 2.45. The Labute approximate surface area is 486 Å². The molecule has 5 atom stereocenters. The van der Waals surface area contributed by atoms with Crippen molar-refractivity contribution in [2.24, 2.45) is 5.92 Å². The lowest BCUT2D eigenvalue weighted by Crippen LogP contribution is -2.30. The van der Waals surface area contributed by atoms with Crippen LogP contribution < -0.4 is 0 Å². The van der Waals surface area contributed by atoms with Crippen molar-refractivity contribution in [2.75, 3.05) is 39.6 Å². The second-order valence-electron chi connectivity index (χ2n) is 22.6. The van der Waals surface area contributed by atoms with E-state index in [0.29, 0.717) is 25.7 Å². The number of esters is 4. The molecule has 0 saturated heterocycles. The molecule has 0 bridgehead atoms. The zero-order chi connectivity index (χ0) is 59.2. The van der Waals surface area contributed by atoms with Crippen LogP contribution in [-0.4, -0.2) is 96.7 Å². The molecule has 0 radical (unpaired) electrons. The molecule has 474 valence electrons. The smallest absolute Gasteiger partial charge is 0.462 e. The number of rotatable bonds is 61. The first kappa shape index (κ1) is 78.1. The minimum atomic E-state index is -4.94. The number of aliphatic hydroxyl groups excluding tert-OH is 1. The number of aliphatic hydroxyl groups is 1. The van der Waals surface area contributed by atoms with Crippen LogP contribution in [0.5, 0.6) is 0 Å². The van der Waals surface area contributed by atoms with Gasteiger partial charge in [0.05, 0.1) is 26.4 Å². The van der Waals surface area contributed by atoms with Gasteiger partial charge < -0.3 is 33.8 Å². The maximum absolute atomic E-state index is 13.0. The van der Waals surface area contributed by atoms with Crippen molar-refractivity contribution in [3.8, 4) is 0 Å². The highest BCUT2D eigenvalue weighted by atomic mass is 31.2. The van der Waals surface area contributed by atoms with Crippen LogP contribution >= 0.6 is 15.6 Å². The fourth-order valence-corrected chi connectivity index (χ4v) is 10.6. The monoisotopic (exact) mass is 1180 g/mol. The molecule has 0 aromatic carbocycles. The number of hydrogen-bond donors (Lipinski definition) is 3. The summed E-state index contributed by atoms with van der Waals surface area (Å²) in [6.07, 6.45) is 38.4. The molecule has 0 aliphatic carbocycles. The minimum absolute atomic E-state index is 0.0989. The molecule has 19 heteroatoms. The van der Waals surface area contributed by atoms with Crippen LogP contribution in [0.15, 0.2) is 0 Å². The Morgan fingerprint density at radius 2 is 0.575 bits per heavy atom. The lowest BCUT2D eigenvalue weighted by atomic mass is 10.0. The highest BCUT2D eigenvalue weighted by Gasteiger charge is 2.30. The Kier molecular flexibility index (Phi) is 53.6. The molecular formula is C61H118O17P2. The Bertz CT molecular complexity index is 1570. The van der Waals surface area contributed by atoms with E-state index in [0.717, 1.165) is 102 Å². The largest absolute Gasteiger partial charge is 0.472 e. The van der Waals surface area contributed by atoms with Gasteiger partial charge in [-0.15, -0.1) is 0 Å². The number of carbonyl (C=O) groups excluding carboxylic acids is 4. The van der Waals surface area contributed by atoms with Crippen LogP contribution in [0.1, 0.15) is 304 Å². The summed E-state index contributed by atoms with van der Waals surface area (Å²) < 4.78 is 67.4. The quantitative estimate of drug-likeness (QED) is 0.0222. The predicted molar refractivity (Wildman–Crippen MR) is 317 cm³/mol. The lowest BCUT2D eigenvalue weighted by molar-refractivity contribution is -0.161. The Hall–Kier alpha value is -1.94. The van der Waals surface area contributed by atoms with Crippen molar-refractivity contribution < 1.29 is 80.2 Å². The van der Waals surface area contributed by atoms with Gasteiger partial charge in [0.1, 0.15) is 19.3 Å². The van der Waals surface area contributed by atoms with Crippen molar-refractivity contribution in [1.82, 2.24) is 0 Å². The number of unbranched alkanes of at least 4 members (excludes halogenated alkanes) is 33. The molecule has 0 heterocycles. The van der Waals surface area contributed by atoms with Gasteiger partial charge in [-0.05, 0) is 31.6 Å². The number of ether oxygens (including phenoxy) is 4.